The number of aliphatic hydroxyl groups excluding tert-OH is 7. The van der Waals surface area contributed by atoms with Crippen LogP contribution in [0.5, 0.6) is 0 Å². The minimum atomic E-state index is -1.76. The lowest BCUT2D eigenvalue weighted by atomic mass is 9.98. The summed E-state index contributed by atoms with van der Waals surface area (Å²) in [6.45, 7) is 2.66. The minimum absolute atomic E-state index is 0.174. The molecule has 0 radical (unpaired) electrons. The Morgan fingerprint density at radius 2 is 0.689 bits per heavy atom. The lowest BCUT2D eigenvalue weighted by molar-refractivity contribution is -0.332. The van der Waals surface area contributed by atoms with Crippen LogP contribution in [0.3, 0.4) is 0 Å². The molecule has 15 nitrogen and oxygen atoms in total. The Morgan fingerprint density at radius 3 is 1.05 bits per heavy atom. The second kappa shape index (κ2) is 46.4. The van der Waals surface area contributed by atoms with E-state index in [0.29, 0.717) is 12.8 Å². The molecule has 2 aliphatic rings. The van der Waals surface area contributed by atoms with Crippen LogP contribution >= 0.6 is 0 Å². The number of hydrogen-bond donors (Lipinski definition) is 7. The highest BCUT2D eigenvalue weighted by atomic mass is 16.7. The normalized spacial score (nSPS) is 24.6. The molecule has 0 bridgehead atoms. The van der Waals surface area contributed by atoms with Gasteiger partial charge in [-0.25, -0.2) is 0 Å². The van der Waals surface area contributed by atoms with Crippen molar-refractivity contribution in [2.45, 2.75) is 338 Å². The van der Waals surface area contributed by atoms with Gasteiger partial charge >= 0.3 is 11.9 Å². The molecule has 2 saturated heterocycles. The lowest BCUT2D eigenvalue weighted by Crippen LogP contribution is -2.61. The van der Waals surface area contributed by atoms with Crippen LogP contribution in [-0.2, 0) is 38.0 Å². The predicted octanol–water partition coefficient (Wildman–Crippen LogP) is 10.7. The van der Waals surface area contributed by atoms with E-state index in [1.807, 2.05) is 0 Å². The third kappa shape index (κ3) is 33.1. The molecule has 0 aromatic heterocycles. The van der Waals surface area contributed by atoms with Crippen LogP contribution in [0, 0.1) is 0 Å². The van der Waals surface area contributed by atoms with E-state index in [1.54, 1.807) is 0 Å². The maximum atomic E-state index is 13.1. The molecule has 0 saturated carbocycles. The molecule has 0 aliphatic carbocycles. The minimum Gasteiger partial charge on any atom is -0.462 e. The maximum absolute atomic E-state index is 13.1. The van der Waals surface area contributed by atoms with Gasteiger partial charge in [0, 0.05) is 12.8 Å². The Morgan fingerprint density at radius 1 is 0.378 bits per heavy atom. The van der Waals surface area contributed by atoms with Crippen molar-refractivity contribution < 1.29 is 73.8 Å². The topological polar surface area (TPSA) is 231 Å². The first-order valence-corrected chi connectivity index (χ1v) is 30.6. The first-order valence-electron chi connectivity index (χ1n) is 30.6. The lowest BCUT2D eigenvalue weighted by Gasteiger charge is -2.42. The van der Waals surface area contributed by atoms with Crippen molar-refractivity contribution in [3.63, 3.8) is 0 Å². The van der Waals surface area contributed by atoms with E-state index in [1.165, 1.54) is 193 Å². The summed E-state index contributed by atoms with van der Waals surface area (Å²) in [6, 6.07) is 0. The molecule has 4 unspecified atom stereocenters. The summed E-state index contributed by atoms with van der Waals surface area (Å²) in [5, 5.41) is 72.3. The summed E-state index contributed by atoms with van der Waals surface area (Å²) >= 11 is 0. The SMILES string of the molecule is CCCCCCCCCCCCCCCCCCCCCCCCCC(=O)O[C@H](COC(=O)CCCCCCCCCCCCCCCCC)CO[C@H]1O[C@@H](CO[C@H]2O[C@@H](CO)[C@@H](O)C(O)C2O)[C@@H](O)C(O)C1O. The standard InChI is InChI=1S/C59H112O15/c1-3-5-7-9-11-13-15-17-19-20-21-22-23-24-25-26-28-30-32-34-36-38-40-42-51(62)72-47(44-69-50(61)41-39-37-35-33-31-29-27-18-16-14-12-10-8-6-4-2)45-70-58-57(68)55(66)53(64)49(74-58)46-71-59-56(67)54(65)52(63)48(43-60)73-59/h47-49,52-60,63-68H,3-46H2,1-2H3/t47-,48+,49+,52-,53-,54?,55?,56?,57?,58+,59+/m1/s1. The Kier molecular flexibility index (Phi) is 43.0. The van der Waals surface area contributed by atoms with E-state index in [-0.39, 0.29) is 26.1 Å². The maximum Gasteiger partial charge on any atom is 0.306 e. The monoisotopic (exact) mass is 1060 g/mol. The van der Waals surface area contributed by atoms with Gasteiger partial charge in [0.05, 0.1) is 19.8 Å². The average molecular weight is 1060 g/mol. The first kappa shape index (κ1) is 68.6. The highest BCUT2D eigenvalue weighted by molar-refractivity contribution is 5.70. The molecule has 0 aromatic carbocycles. The molecule has 438 valence electrons. The first-order chi connectivity index (χ1) is 36.0. The Labute approximate surface area is 448 Å². The van der Waals surface area contributed by atoms with Crippen molar-refractivity contribution in [1.82, 2.24) is 0 Å². The summed E-state index contributed by atoms with van der Waals surface area (Å²) in [5.41, 5.74) is 0. The number of carbonyl (C=O) groups is 2. The molecule has 0 amide bonds. The molecule has 7 N–H and O–H groups in total. The van der Waals surface area contributed by atoms with Gasteiger partial charge < -0.3 is 64.2 Å². The molecule has 2 aliphatic heterocycles. The molecule has 0 spiro atoms. The molecular weight excluding hydrogens is 949 g/mol. The van der Waals surface area contributed by atoms with Crippen LogP contribution in [0.2, 0.25) is 0 Å². The van der Waals surface area contributed by atoms with Gasteiger partial charge in [0.1, 0.15) is 55.4 Å². The van der Waals surface area contributed by atoms with Gasteiger partial charge in [-0.15, -0.1) is 0 Å². The third-order valence-corrected chi connectivity index (χ3v) is 15.1. The fraction of sp³-hybridized carbons (Fsp3) is 0.966. The summed E-state index contributed by atoms with van der Waals surface area (Å²) in [4.78, 5) is 25.9. The number of hydrogen-bond acceptors (Lipinski definition) is 15. The van der Waals surface area contributed by atoms with E-state index in [9.17, 15) is 45.3 Å². The van der Waals surface area contributed by atoms with Crippen molar-refractivity contribution in [1.29, 1.82) is 0 Å². The Hall–Kier alpha value is -1.50. The zero-order valence-corrected chi connectivity index (χ0v) is 46.9. The van der Waals surface area contributed by atoms with Gasteiger partial charge in [-0.2, -0.15) is 0 Å². The zero-order chi connectivity index (χ0) is 53.9. The largest absolute Gasteiger partial charge is 0.462 e. The van der Waals surface area contributed by atoms with Crippen molar-refractivity contribution in [2.24, 2.45) is 0 Å². The molecule has 11 atom stereocenters. The van der Waals surface area contributed by atoms with Gasteiger partial charge in [-0.3, -0.25) is 9.59 Å². The number of ether oxygens (including phenoxy) is 6. The summed E-state index contributed by atoms with van der Waals surface area (Å²) in [6.07, 6.45) is 31.3. The summed E-state index contributed by atoms with van der Waals surface area (Å²) < 4.78 is 33.7. The fourth-order valence-corrected chi connectivity index (χ4v) is 10.1. The Balaban J connectivity index is 1.71. The van der Waals surface area contributed by atoms with Crippen LogP contribution in [0.1, 0.15) is 271 Å². The number of carbonyl (C=O) groups excluding carboxylic acids is 2. The van der Waals surface area contributed by atoms with Crippen molar-refractivity contribution in [3.05, 3.63) is 0 Å². The van der Waals surface area contributed by atoms with Crippen molar-refractivity contribution in [3.8, 4) is 0 Å². The second-order valence-corrected chi connectivity index (χ2v) is 21.9. The summed E-state index contributed by atoms with van der Waals surface area (Å²) in [7, 11) is 0. The second-order valence-electron chi connectivity index (χ2n) is 21.9. The fourth-order valence-electron chi connectivity index (χ4n) is 10.1. The van der Waals surface area contributed by atoms with Crippen molar-refractivity contribution >= 4 is 11.9 Å². The number of esters is 2. The van der Waals surface area contributed by atoms with E-state index >= 15 is 0 Å². The van der Waals surface area contributed by atoms with E-state index in [4.69, 9.17) is 28.4 Å². The van der Waals surface area contributed by atoms with Gasteiger partial charge in [0.2, 0.25) is 0 Å². The third-order valence-electron chi connectivity index (χ3n) is 15.1. The quantitative estimate of drug-likeness (QED) is 0.0222. The van der Waals surface area contributed by atoms with Crippen LogP contribution in [0.4, 0.5) is 0 Å². The number of unbranched alkanes of at least 4 members (excludes halogenated alkanes) is 36. The zero-order valence-electron chi connectivity index (χ0n) is 46.9. The van der Waals surface area contributed by atoms with Gasteiger partial charge in [0.15, 0.2) is 18.7 Å². The molecule has 15 heteroatoms. The van der Waals surface area contributed by atoms with Crippen LogP contribution in [0.15, 0.2) is 0 Å². The van der Waals surface area contributed by atoms with Crippen LogP contribution in [-0.4, -0.2) is 142 Å². The van der Waals surface area contributed by atoms with E-state index in [0.717, 1.165) is 38.5 Å². The Bertz CT molecular complexity index is 1290. The van der Waals surface area contributed by atoms with E-state index in [2.05, 4.69) is 13.8 Å². The molecule has 0 aromatic rings. The highest BCUT2D eigenvalue weighted by Gasteiger charge is 2.47. The average Bonchev–Trinajstić information content (AvgIpc) is 3.39. The molecule has 74 heavy (non-hydrogen) atoms. The number of aliphatic hydroxyl groups is 7. The predicted molar refractivity (Wildman–Crippen MR) is 289 cm³/mol. The molecular formula is C59H112O15. The molecule has 2 fully saturated rings. The molecule has 2 heterocycles. The highest BCUT2D eigenvalue weighted by Crippen LogP contribution is 2.27. The molecule has 2 rings (SSSR count). The van der Waals surface area contributed by atoms with Crippen molar-refractivity contribution in [2.75, 3.05) is 26.4 Å². The number of rotatable bonds is 50. The smallest absolute Gasteiger partial charge is 0.306 e. The van der Waals surface area contributed by atoms with Crippen LogP contribution in [0.25, 0.3) is 0 Å². The van der Waals surface area contributed by atoms with Gasteiger partial charge in [-0.05, 0) is 12.8 Å². The van der Waals surface area contributed by atoms with Gasteiger partial charge in [-0.1, -0.05) is 245 Å². The summed E-state index contributed by atoms with van der Waals surface area (Å²) in [5.74, 6) is -0.902. The van der Waals surface area contributed by atoms with E-state index < -0.39 is 92.7 Å². The van der Waals surface area contributed by atoms with Crippen LogP contribution < -0.4 is 0 Å². The van der Waals surface area contributed by atoms with Gasteiger partial charge in [0.25, 0.3) is 0 Å².